The first-order chi connectivity index (χ1) is 8.90. The van der Waals surface area contributed by atoms with E-state index in [-0.39, 0.29) is 17.1 Å². The lowest BCUT2D eigenvalue weighted by Crippen LogP contribution is -2.15. The molecule has 7 nitrogen and oxygen atoms in total. The normalized spacial score (nSPS) is 10.4. The van der Waals surface area contributed by atoms with E-state index in [0.717, 1.165) is 0 Å². The highest BCUT2D eigenvalue weighted by Gasteiger charge is 2.19. The van der Waals surface area contributed by atoms with Crippen molar-refractivity contribution in [2.75, 3.05) is 5.32 Å². The zero-order valence-electron chi connectivity index (χ0n) is 9.88. The van der Waals surface area contributed by atoms with E-state index < -0.39 is 12.1 Å². The minimum atomic E-state index is -1.40. The fourth-order valence-corrected chi connectivity index (χ4v) is 1.85. The van der Waals surface area contributed by atoms with Crippen LogP contribution in [0.25, 0.3) is 10.9 Å². The molecule has 0 atom stereocenters. The molecule has 0 aliphatic carbocycles. The van der Waals surface area contributed by atoms with E-state index in [1.165, 1.54) is 19.1 Å². The van der Waals surface area contributed by atoms with Gasteiger partial charge >= 0.3 is 12.1 Å². The Morgan fingerprint density at radius 2 is 1.84 bits per heavy atom. The fourth-order valence-electron chi connectivity index (χ4n) is 1.85. The van der Waals surface area contributed by atoms with E-state index in [1.54, 1.807) is 12.1 Å². The molecule has 98 valence electrons. The maximum absolute atomic E-state index is 11.1. The Kier molecular flexibility index (Phi) is 2.95. The van der Waals surface area contributed by atoms with Gasteiger partial charge in [0, 0.05) is 18.0 Å². The van der Waals surface area contributed by atoms with E-state index in [0.29, 0.717) is 15.6 Å². The largest absolute Gasteiger partial charge is 0.477 e. The average Bonchev–Trinajstić information content (AvgIpc) is 2.66. The van der Waals surface area contributed by atoms with Crippen molar-refractivity contribution in [3.8, 4) is 0 Å². The third-order valence-electron chi connectivity index (χ3n) is 2.54. The maximum atomic E-state index is 11.1. The molecule has 0 saturated carbocycles. The molecule has 0 saturated heterocycles. The van der Waals surface area contributed by atoms with Crippen molar-refractivity contribution in [3.05, 3.63) is 30.0 Å². The second kappa shape index (κ2) is 4.45. The number of nitrogens with zero attached hydrogens (tertiary/aromatic N) is 1. The number of amides is 1. The molecule has 0 aliphatic rings. The first kappa shape index (κ1) is 12.6. The van der Waals surface area contributed by atoms with Crippen LogP contribution in [0.15, 0.2) is 24.3 Å². The number of carbonyl (C=O) groups is 3. The molecule has 0 fully saturated rings. The first-order valence-electron chi connectivity index (χ1n) is 5.30. The highest BCUT2D eigenvalue weighted by Crippen LogP contribution is 2.23. The number of rotatable bonds is 2. The SMILES string of the molecule is CC(=O)Nc1ccc2cc(C(=O)O)n(C(=O)O)c2c1. The Hall–Kier alpha value is -2.83. The molecular formula is C12H10N2O5. The minimum absolute atomic E-state index is 0.205. The van der Waals surface area contributed by atoms with E-state index in [2.05, 4.69) is 5.32 Å². The number of anilines is 1. The van der Waals surface area contributed by atoms with E-state index in [4.69, 9.17) is 10.2 Å². The van der Waals surface area contributed by atoms with E-state index in [9.17, 15) is 14.4 Å². The summed E-state index contributed by atoms with van der Waals surface area (Å²) in [4.78, 5) is 33.1. The third kappa shape index (κ3) is 2.25. The molecule has 1 heterocycles. The summed E-state index contributed by atoms with van der Waals surface area (Å²) in [5.41, 5.74) is 0.260. The zero-order chi connectivity index (χ0) is 14.2. The van der Waals surface area contributed by atoms with Gasteiger partial charge in [-0.3, -0.25) is 4.79 Å². The minimum Gasteiger partial charge on any atom is -0.477 e. The number of aromatic nitrogens is 1. The molecule has 1 aromatic heterocycles. The number of carboxylic acid groups (broad SMARTS) is 2. The molecule has 0 spiro atoms. The summed E-state index contributed by atoms with van der Waals surface area (Å²) in [6.45, 7) is 1.32. The topological polar surface area (TPSA) is 109 Å². The predicted molar refractivity (Wildman–Crippen MR) is 66.6 cm³/mol. The molecule has 0 aliphatic heterocycles. The number of nitrogens with one attached hydrogen (secondary N) is 1. The standard InChI is InChI=1S/C12H10N2O5/c1-6(15)13-8-3-2-7-4-10(11(16)17)14(12(18)19)9(7)5-8/h2-5H,1H3,(H,13,15)(H,16,17)(H,18,19). The van der Waals surface area contributed by atoms with Crippen LogP contribution in [0.4, 0.5) is 10.5 Å². The summed E-state index contributed by atoms with van der Waals surface area (Å²) in [7, 11) is 0. The zero-order valence-corrected chi connectivity index (χ0v) is 9.88. The van der Waals surface area contributed by atoms with Gasteiger partial charge in [0.15, 0.2) is 0 Å². The van der Waals surface area contributed by atoms with Gasteiger partial charge in [0.05, 0.1) is 5.52 Å². The molecule has 19 heavy (non-hydrogen) atoms. The van der Waals surface area contributed by atoms with Crippen LogP contribution in [0.1, 0.15) is 17.4 Å². The molecule has 1 amide bonds. The molecule has 2 aromatic rings. The van der Waals surface area contributed by atoms with Gasteiger partial charge in [-0.2, -0.15) is 0 Å². The number of carbonyl (C=O) groups excluding carboxylic acids is 1. The number of fused-ring (bicyclic) bond motifs is 1. The molecule has 0 radical (unpaired) electrons. The Bertz CT molecular complexity index is 701. The fraction of sp³-hybridized carbons (Fsp3) is 0.0833. The van der Waals surface area contributed by atoms with Crippen LogP contribution in [0.2, 0.25) is 0 Å². The van der Waals surface area contributed by atoms with Gasteiger partial charge in [0.2, 0.25) is 5.91 Å². The van der Waals surface area contributed by atoms with Crippen molar-refractivity contribution in [2.24, 2.45) is 0 Å². The highest BCUT2D eigenvalue weighted by molar-refractivity contribution is 6.02. The van der Waals surface area contributed by atoms with Crippen molar-refractivity contribution in [2.45, 2.75) is 6.92 Å². The van der Waals surface area contributed by atoms with Gasteiger partial charge in [-0.15, -0.1) is 0 Å². The van der Waals surface area contributed by atoms with Crippen molar-refractivity contribution in [1.29, 1.82) is 0 Å². The number of aromatic carboxylic acids is 1. The van der Waals surface area contributed by atoms with E-state index >= 15 is 0 Å². The van der Waals surface area contributed by atoms with Crippen LogP contribution in [-0.4, -0.2) is 32.7 Å². The van der Waals surface area contributed by atoms with Crippen LogP contribution in [0.3, 0.4) is 0 Å². The van der Waals surface area contributed by atoms with Gasteiger partial charge in [0.25, 0.3) is 0 Å². The lowest BCUT2D eigenvalue weighted by atomic mass is 10.2. The van der Waals surface area contributed by atoms with Crippen molar-refractivity contribution in [1.82, 2.24) is 4.57 Å². The van der Waals surface area contributed by atoms with Gasteiger partial charge in [-0.1, -0.05) is 6.07 Å². The summed E-state index contributed by atoms with van der Waals surface area (Å²) in [5.74, 6) is -1.63. The summed E-state index contributed by atoms with van der Waals surface area (Å²) >= 11 is 0. The van der Waals surface area contributed by atoms with Gasteiger partial charge < -0.3 is 15.5 Å². The Balaban J connectivity index is 2.69. The number of hydrogen-bond donors (Lipinski definition) is 3. The summed E-state index contributed by atoms with van der Waals surface area (Å²) in [5, 5.41) is 21.0. The lowest BCUT2D eigenvalue weighted by Gasteiger charge is -2.04. The second-order valence-electron chi connectivity index (χ2n) is 3.91. The Labute approximate surface area is 107 Å². The van der Waals surface area contributed by atoms with Gasteiger partial charge in [-0.25, -0.2) is 14.2 Å². The van der Waals surface area contributed by atoms with Crippen molar-refractivity contribution < 1.29 is 24.6 Å². The molecular weight excluding hydrogens is 252 g/mol. The summed E-state index contributed by atoms with van der Waals surface area (Å²) < 4.78 is 0.670. The number of hydrogen-bond acceptors (Lipinski definition) is 3. The molecule has 0 unspecified atom stereocenters. The summed E-state index contributed by atoms with van der Waals surface area (Å²) in [6, 6.07) is 5.80. The van der Waals surface area contributed by atoms with Gasteiger partial charge in [-0.05, 0) is 18.2 Å². The van der Waals surface area contributed by atoms with Crippen molar-refractivity contribution in [3.63, 3.8) is 0 Å². The van der Waals surface area contributed by atoms with E-state index in [1.807, 2.05) is 0 Å². The number of benzene rings is 1. The lowest BCUT2D eigenvalue weighted by molar-refractivity contribution is -0.114. The van der Waals surface area contributed by atoms with Crippen LogP contribution >= 0.6 is 0 Å². The Morgan fingerprint density at radius 3 is 2.37 bits per heavy atom. The van der Waals surface area contributed by atoms with Crippen LogP contribution in [0.5, 0.6) is 0 Å². The quantitative estimate of drug-likeness (QED) is 0.764. The van der Waals surface area contributed by atoms with Gasteiger partial charge in [0.1, 0.15) is 5.69 Å². The third-order valence-corrected chi connectivity index (χ3v) is 2.54. The number of carboxylic acids is 1. The molecule has 1 aromatic carbocycles. The first-order valence-corrected chi connectivity index (χ1v) is 5.30. The second-order valence-corrected chi connectivity index (χ2v) is 3.91. The summed E-state index contributed by atoms with van der Waals surface area (Å²) in [6.07, 6.45) is -1.40. The Morgan fingerprint density at radius 1 is 1.16 bits per heavy atom. The monoisotopic (exact) mass is 262 g/mol. The van der Waals surface area contributed by atoms with Crippen LogP contribution < -0.4 is 5.32 Å². The molecule has 2 rings (SSSR count). The smallest absolute Gasteiger partial charge is 0.416 e. The van der Waals surface area contributed by atoms with Crippen LogP contribution in [-0.2, 0) is 4.79 Å². The van der Waals surface area contributed by atoms with Crippen molar-refractivity contribution >= 4 is 34.6 Å². The molecule has 3 N–H and O–H groups in total. The highest BCUT2D eigenvalue weighted by atomic mass is 16.4. The van der Waals surface area contributed by atoms with Crippen LogP contribution in [0, 0.1) is 0 Å². The maximum Gasteiger partial charge on any atom is 0.416 e. The average molecular weight is 262 g/mol. The predicted octanol–water partition coefficient (Wildman–Crippen LogP) is 1.82. The molecule has 7 heteroatoms. The molecule has 0 bridgehead atoms.